The number of carboxylic acid groups (broad SMARTS) is 1. The van der Waals surface area contributed by atoms with Gasteiger partial charge in [-0.1, -0.05) is 17.7 Å². The van der Waals surface area contributed by atoms with Gasteiger partial charge in [0.2, 0.25) is 5.88 Å². The van der Waals surface area contributed by atoms with Crippen LogP contribution in [0.5, 0.6) is 5.88 Å². The van der Waals surface area contributed by atoms with Gasteiger partial charge in [0.15, 0.2) is 16.6 Å². The van der Waals surface area contributed by atoms with Gasteiger partial charge in [-0.15, -0.1) is 5.10 Å². The number of likely N-dealkylation sites (tertiary alicyclic amines) is 1. The summed E-state index contributed by atoms with van der Waals surface area (Å²) in [5, 5.41) is 13.1. The second-order valence-corrected chi connectivity index (χ2v) is 17.5. The molecule has 1 saturated carbocycles. The molecule has 2 saturated heterocycles. The third kappa shape index (κ3) is 10.0. The molecule has 20 heteroatoms. The summed E-state index contributed by atoms with van der Waals surface area (Å²) >= 11 is 6.33. The summed E-state index contributed by atoms with van der Waals surface area (Å²) in [5.41, 5.74) is -0.705. The first-order valence-electron chi connectivity index (χ1n) is 18.2. The Labute approximate surface area is 327 Å². The highest BCUT2D eigenvalue weighted by Crippen LogP contribution is 2.51. The molecule has 15 nitrogen and oxygen atoms in total. The van der Waals surface area contributed by atoms with E-state index in [0.717, 1.165) is 12.8 Å². The number of carbonyl (C=O) groups excluding carboxylic acids is 1. The molecule has 6 rings (SSSR count). The minimum atomic E-state index is -4.51. The van der Waals surface area contributed by atoms with Crippen molar-refractivity contribution in [3.63, 3.8) is 0 Å². The van der Waals surface area contributed by atoms with E-state index in [1.807, 2.05) is 23.5 Å². The highest BCUT2D eigenvalue weighted by atomic mass is 35.5. The van der Waals surface area contributed by atoms with Gasteiger partial charge < -0.3 is 29.1 Å². The summed E-state index contributed by atoms with van der Waals surface area (Å²) in [4.78, 5) is 36.9. The molecular formula is C36H45ClF3N7O8S. The number of carbonyl (C=O) groups is 2. The van der Waals surface area contributed by atoms with Gasteiger partial charge in [-0.2, -0.15) is 21.6 Å². The van der Waals surface area contributed by atoms with E-state index in [1.54, 1.807) is 19.9 Å². The van der Waals surface area contributed by atoms with Crippen LogP contribution < -0.4 is 14.4 Å². The Morgan fingerprint density at radius 1 is 1.12 bits per heavy atom. The van der Waals surface area contributed by atoms with Crippen LogP contribution in [-0.2, 0) is 19.5 Å². The first kappa shape index (κ1) is 41.4. The first-order chi connectivity index (χ1) is 26.2. The van der Waals surface area contributed by atoms with Crippen molar-refractivity contribution in [1.29, 1.82) is 0 Å². The largest absolute Gasteiger partial charge is 0.477 e. The predicted molar refractivity (Wildman–Crippen MR) is 196 cm³/mol. The van der Waals surface area contributed by atoms with Crippen LogP contribution in [0.15, 0.2) is 47.6 Å². The maximum atomic E-state index is 13.5. The maximum absolute atomic E-state index is 13.5. The van der Waals surface area contributed by atoms with Crippen molar-refractivity contribution in [3.05, 3.63) is 53.3 Å². The topological polar surface area (TPSA) is 178 Å². The van der Waals surface area contributed by atoms with Gasteiger partial charge in [-0.3, -0.25) is 4.79 Å². The Kier molecular flexibility index (Phi) is 11.8. The van der Waals surface area contributed by atoms with Crippen LogP contribution in [0.3, 0.4) is 0 Å². The highest BCUT2D eigenvalue weighted by Gasteiger charge is 2.55. The molecule has 2 N–H and O–H groups in total. The smallest absolute Gasteiger partial charge is 0.407 e. The zero-order valence-corrected chi connectivity index (χ0v) is 32.9. The summed E-state index contributed by atoms with van der Waals surface area (Å²) in [6, 6.07) is 8.61. The fraction of sp³-hybridized carbons (Fsp3) is 0.583. The van der Waals surface area contributed by atoms with E-state index < -0.39 is 56.4 Å². The number of sulfonamides is 1. The van der Waals surface area contributed by atoms with Crippen molar-refractivity contribution in [2.75, 3.05) is 37.7 Å². The number of ether oxygens (including phenoxy) is 3. The molecule has 0 bridgehead atoms. The molecule has 4 atom stereocenters. The number of nitrogens with one attached hydrogen (secondary N) is 1. The van der Waals surface area contributed by atoms with Crippen LogP contribution in [0.1, 0.15) is 70.2 Å². The van der Waals surface area contributed by atoms with Crippen LogP contribution in [0.25, 0.3) is 5.82 Å². The Balaban J connectivity index is 1.09. The number of aromatic nitrogens is 4. The third-order valence-electron chi connectivity index (χ3n) is 10.2. The van der Waals surface area contributed by atoms with Crippen LogP contribution in [0.2, 0.25) is 5.15 Å². The zero-order chi connectivity index (χ0) is 40.6. The number of anilines is 1. The zero-order valence-electron chi connectivity index (χ0n) is 31.3. The van der Waals surface area contributed by atoms with Crippen molar-refractivity contribution in [3.8, 4) is 11.7 Å². The minimum absolute atomic E-state index is 0.0578. The lowest BCUT2D eigenvalue weighted by atomic mass is 9.93. The van der Waals surface area contributed by atoms with E-state index in [9.17, 15) is 36.3 Å². The van der Waals surface area contributed by atoms with Gasteiger partial charge in [0, 0.05) is 37.4 Å². The molecule has 3 fully saturated rings. The van der Waals surface area contributed by atoms with Gasteiger partial charge in [-0.05, 0) is 95.9 Å². The van der Waals surface area contributed by atoms with Crippen molar-refractivity contribution in [1.82, 2.24) is 29.4 Å². The van der Waals surface area contributed by atoms with Gasteiger partial charge in [0.1, 0.15) is 17.1 Å². The van der Waals surface area contributed by atoms with E-state index >= 15 is 0 Å². The van der Waals surface area contributed by atoms with Crippen molar-refractivity contribution in [2.24, 2.45) is 17.8 Å². The normalized spacial score (nSPS) is 22.9. The molecule has 0 spiro atoms. The number of pyridine rings is 2. The van der Waals surface area contributed by atoms with Gasteiger partial charge >= 0.3 is 12.3 Å². The molecule has 306 valence electrons. The van der Waals surface area contributed by atoms with Crippen LogP contribution >= 0.6 is 11.6 Å². The van der Waals surface area contributed by atoms with Gasteiger partial charge in [0.25, 0.3) is 15.9 Å². The molecule has 2 aliphatic heterocycles. The van der Waals surface area contributed by atoms with Crippen molar-refractivity contribution >= 4 is 39.4 Å². The van der Waals surface area contributed by atoms with E-state index in [1.165, 1.54) is 46.1 Å². The molecule has 1 aliphatic carbocycles. The highest BCUT2D eigenvalue weighted by molar-refractivity contribution is 7.90. The predicted octanol–water partition coefficient (Wildman–Crippen LogP) is 5.92. The monoisotopic (exact) mass is 827 g/mol. The lowest BCUT2D eigenvalue weighted by Crippen LogP contribution is -2.41. The van der Waals surface area contributed by atoms with E-state index in [2.05, 4.69) is 15.1 Å². The Hall–Kier alpha value is -4.20. The Bertz CT molecular complexity index is 2030. The molecule has 2 amide bonds. The molecule has 56 heavy (non-hydrogen) atoms. The molecule has 0 radical (unpaired) electrons. The molecule has 3 unspecified atom stereocenters. The fourth-order valence-corrected chi connectivity index (χ4v) is 8.53. The fourth-order valence-electron chi connectivity index (χ4n) is 7.36. The summed E-state index contributed by atoms with van der Waals surface area (Å²) in [6.45, 7) is 9.05. The number of hydrogen-bond donors (Lipinski definition) is 2. The number of rotatable bonds is 15. The number of halogens is 4. The summed E-state index contributed by atoms with van der Waals surface area (Å²) < 4.78 is 85.9. The summed E-state index contributed by atoms with van der Waals surface area (Å²) in [5.74, 6) is -2.76. The van der Waals surface area contributed by atoms with Crippen molar-refractivity contribution in [2.45, 2.75) is 88.4 Å². The number of alkyl halides is 3. The van der Waals surface area contributed by atoms with E-state index in [4.69, 9.17) is 25.8 Å². The van der Waals surface area contributed by atoms with E-state index in [0.29, 0.717) is 38.5 Å². The standard InChI is InChI=1S/C36H45ClF3N7O8S/c1-34(2)18-22(19-46(34)33(49)50)7-6-14-45(20-24-21-54-35(3,4)55-24)27-8-5-9-30(41-27)56(51,52)44-32(48)25-10-11-28(42-31(25)37)47-15-12-29(43-47)53-16-13-23-17-26(23)36(38,39)40/h5,8-12,15,22-24,26H,6-7,13-14,16-21H2,1-4H3,(H,44,48)(H,49,50)/t22-,23?,24?,26?/m0/s1. The second kappa shape index (κ2) is 16.0. The Morgan fingerprint density at radius 3 is 2.54 bits per heavy atom. The lowest BCUT2D eigenvalue weighted by Gasteiger charge is -2.28. The quantitative estimate of drug-likeness (QED) is 0.173. The van der Waals surface area contributed by atoms with E-state index in [-0.39, 0.29) is 53.9 Å². The van der Waals surface area contributed by atoms with Gasteiger partial charge in [-0.25, -0.2) is 24.2 Å². The molecular weight excluding hydrogens is 783 g/mol. The lowest BCUT2D eigenvalue weighted by molar-refractivity contribution is -0.151. The second-order valence-electron chi connectivity index (χ2n) is 15.5. The molecule has 0 aromatic carbocycles. The molecule has 3 aromatic heterocycles. The molecule has 5 heterocycles. The SMILES string of the molecule is CC1(C)OCC(CN(CCC[C@@H]2CN(C(=O)O)C(C)(C)C2)c2cccc(S(=O)(=O)NC(=O)c3ccc(-n4ccc(OCCC5CC5C(F)(F)F)n4)nc3Cl)n2)O1. The van der Waals surface area contributed by atoms with Gasteiger partial charge in [0.05, 0.1) is 24.7 Å². The summed E-state index contributed by atoms with van der Waals surface area (Å²) in [6.07, 6.45) is -1.52. The van der Waals surface area contributed by atoms with Crippen molar-refractivity contribution < 1.29 is 50.5 Å². The molecule has 3 aromatic rings. The average molecular weight is 828 g/mol. The number of hydrogen-bond acceptors (Lipinski definition) is 11. The number of nitrogens with zero attached hydrogens (tertiary/aromatic N) is 6. The number of amides is 2. The maximum Gasteiger partial charge on any atom is 0.407 e. The summed E-state index contributed by atoms with van der Waals surface area (Å²) in [7, 11) is -4.51. The molecule has 3 aliphatic rings. The third-order valence-corrected chi connectivity index (χ3v) is 11.7. The first-order valence-corrected chi connectivity index (χ1v) is 20.1. The minimum Gasteiger partial charge on any atom is -0.477 e. The van der Waals surface area contributed by atoms with Crippen LogP contribution in [-0.4, -0.2) is 107 Å². The van der Waals surface area contributed by atoms with Crippen LogP contribution in [0.4, 0.5) is 23.8 Å². The van der Waals surface area contributed by atoms with Crippen LogP contribution in [0, 0.1) is 17.8 Å². The Morgan fingerprint density at radius 2 is 1.89 bits per heavy atom. The average Bonchev–Trinajstić information content (AvgIpc) is 3.43.